The van der Waals surface area contributed by atoms with Gasteiger partial charge in [0.05, 0.1) is 17.8 Å². The number of anilines is 1. The summed E-state index contributed by atoms with van der Waals surface area (Å²) < 4.78 is 0. The van der Waals surface area contributed by atoms with Crippen LogP contribution in [0.1, 0.15) is 17.7 Å². The minimum atomic E-state index is 0.244. The fourth-order valence-corrected chi connectivity index (χ4v) is 0.813. The van der Waals surface area contributed by atoms with Crippen LogP contribution in [0.3, 0.4) is 0 Å². The first kappa shape index (κ1) is 9.27. The topological polar surface area (TPSA) is 56.0 Å². The van der Waals surface area contributed by atoms with Crippen LogP contribution in [-0.2, 0) is 4.79 Å². The van der Waals surface area contributed by atoms with Crippen molar-refractivity contribution in [3.05, 3.63) is 23.5 Å². The van der Waals surface area contributed by atoms with Crippen LogP contribution in [0.2, 0.25) is 0 Å². The molecule has 1 heterocycles. The summed E-state index contributed by atoms with van der Waals surface area (Å²) >= 11 is 0. The summed E-state index contributed by atoms with van der Waals surface area (Å²) in [6, 6.07) is 1.75. The molecule has 0 bridgehead atoms. The molecule has 0 aliphatic carbocycles. The predicted molar refractivity (Wildman–Crippen MR) is 50.9 cm³/mol. The summed E-state index contributed by atoms with van der Waals surface area (Å²) in [5, 5.41) is 0. The first-order valence-corrected chi connectivity index (χ1v) is 3.88. The average Bonchev–Trinajstić information content (AvgIpc) is 2.12. The lowest BCUT2D eigenvalue weighted by Gasteiger charge is -1.97. The fourth-order valence-electron chi connectivity index (χ4n) is 0.813. The van der Waals surface area contributed by atoms with Gasteiger partial charge in [-0.25, -0.2) is 0 Å². The lowest BCUT2D eigenvalue weighted by Crippen LogP contribution is -1.93. The van der Waals surface area contributed by atoms with E-state index in [1.165, 1.54) is 0 Å². The largest absolute Gasteiger partial charge is 0.397 e. The lowest BCUT2D eigenvalue weighted by atomic mass is 10.2. The molecule has 1 rings (SSSR count). The third-order valence-corrected chi connectivity index (χ3v) is 1.54. The number of nitrogens with zero attached hydrogens (tertiary/aromatic N) is 1. The Hall–Kier alpha value is -1.82. The Kier molecular flexibility index (Phi) is 3.04. The number of rotatable bonds is 1. The highest BCUT2D eigenvalue weighted by molar-refractivity contribution is 5.55. The molecular weight excluding hydrogens is 164 g/mol. The van der Waals surface area contributed by atoms with Gasteiger partial charge in [0.1, 0.15) is 6.29 Å². The maximum absolute atomic E-state index is 9.97. The minimum absolute atomic E-state index is 0.244. The first-order chi connectivity index (χ1) is 6.24. The van der Waals surface area contributed by atoms with E-state index in [2.05, 4.69) is 16.8 Å². The summed E-state index contributed by atoms with van der Waals surface area (Å²) in [6.07, 6.45) is 2.65. The molecular formula is C10H10N2O. The second kappa shape index (κ2) is 4.27. The SMILES string of the molecule is Cc1ncc(C#CCC=O)cc1N. The molecule has 3 nitrogen and oxygen atoms in total. The smallest absolute Gasteiger partial charge is 0.131 e. The van der Waals surface area contributed by atoms with Crippen LogP contribution in [0.25, 0.3) is 0 Å². The van der Waals surface area contributed by atoms with Crippen molar-refractivity contribution in [3.8, 4) is 11.8 Å². The van der Waals surface area contributed by atoms with E-state index in [9.17, 15) is 4.79 Å². The van der Waals surface area contributed by atoms with Gasteiger partial charge in [-0.15, -0.1) is 0 Å². The third-order valence-electron chi connectivity index (χ3n) is 1.54. The van der Waals surface area contributed by atoms with E-state index in [1.54, 1.807) is 12.3 Å². The zero-order valence-electron chi connectivity index (χ0n) is 7.37. The zero-order chi connectivity index (χ0) is 9.68. The van der Waals surface area contributed by atoms with Crippen molar-refractivity contribution in [2.75, 3.05) is 5.73 Å². The van der Waals surface area contributed by atoms with Crippen molar-refractivity contribution >= 4 is 12.0 Å². The zero-order valence-corrected chi connectivity index (χ0v) is 7.37. The molecule has 0 fully saturated rings. The van der Waals surface area contributed by atoms with Crippen molar-refractivity contribution in [1.29, 1.82) is 0 Å². The van der Waals surface area contributed by atoms with Crippen LogP contribution >= 0.6 is 0 Å². The van der Waals surface area contributed by atoms with Crippen molar-refractivity contribution < 1.29 is 4.79 Å². The van der Waals surface area contributed by atoms with Gasteiger partial charge in [-0.1, -0.05) is 11.8 Å². The molecule has 0 saturated carbocycles. The minimum Gasteiger partial charge on any atom is -0.397 e. The van der Waals surface area contributed by atoms with Gasteiger partial charge >= 0.3 is 0 Å². The number of hydrogen-bond acceptors (Lipinski definition) is 3. The molecule has 0 aliphatic heterocycles. The highest BCUT2D eigenvalue weighted by Gasteiger charge is 1.94. The van der Waals surface area contributed by atoms with Crippen LogP contribution in [0.4, 0.5) is 5.69 Å². The Morgan fingerprint density at radius 2 is 2.46 bits per heavy atom. The summed E-state index contributed by atoms with van der Waals surface area (Å²) in [5.41, 5.74) is 7.78. The monoisotopic (exact) mass is 174 g/mol. The molecule has 3 heteroatoms. The molecule has 0 radical (unpaired) electrons. The number of hydrogen-bond donors (Lipinski definition) is 1. The quantitative estimate of drug-likeness (QED) is 0.508. The van der Waals surface area contributed by atoms with Gasteiger partial charge in [-0.2, -0.15) is 0 Å². The predicted octanol–water partition coefficient (Wildman–Crippen LogP) is 0.913. The van der Waals surface area contributed by atoms with Crippen molar-refractivity contribution in [2.24, 2.45) is 0 Å². The van der Waals surface area contributed by atoms with Crippen LogP contribution in [-0.4, -0.2) is 11.3 Å². The number of aromatic nitrogens is 1. The maximum atomic E-state index is 9.97. The molecule has 0 aromatic carbocycles. The molecule has 0 amide bonds. The van der Waals surface area contributed by atoms with E-state index in [-0.39, 0.29) is 6.42 Å². The van der Waals surface area contributed by atoms with Gasteiger partial charge in [0.25, 0.3) is 0 Å². The van der Waals surface area contributed by atoms with Crippen LogP contribution in [0.5, 0.6) is 0 Å². The highest BCUT2D eigenvalue weighted by atomic mass is 16.1. The summed E-state index contributed by atoms with van der Waals surface area (Å²) in [4.78, 5) is 14.0. The summed E-state index contributed by atoms with van der Waals surface area (Å²) in [6.45, 7) is 1.83. The van der Waals surface area contributed by atoms with Crippen LogP contribution in [0.15, 0.2) is 12.3 Å². The lowest BCUT2D eigenvalue weighted by molar-refractivity contribution is -0.107. The number of nitrogen functional groups attached to an aromatic ring is 1. The number of pyridine rings is 1. The molecule has 13 heavy (non-hydrogen) atoms. The molecule has 0 aliphatic rings. The molecule has 1 aromatic rings. The number of carbonyl (C=O) groups is 1. The van der Waals surface area contributed by atoms with Crippen molar-refractivity contribution in [2.45, 2.75) is 13.3 Å². The molecule has 0 saturated heterocycles. The van der Waals surface area contributed by atoms with Crippen LogP contribution < -0.4 is 5.73 Å². The second-order valence-electron chi connectivity index (χ2n) is 2.57. The average molecular weight is 174 g/mol. The van der Waals surface area contributed by atoms with E-state index in [0.717, 1.165) is 17.5 Å². The Balaban J connectivity index is 2.87. The standard InChI is InChI=1S/C10H10N2O/c1-8-10(11)6-9(7-12-8)4-2-3-5-13/h5-7H,3,11H2,1H3. The van der Waals surface area contributed by atoms with Gasteiger partial charge in [-0.05, 0) is 13.0 Å². The fraction of sp³-hybridized carbons (Fsp3) is 0.200. The number of aldehydes is 1. The number of nitrogens with two attached hydrogens (primary N) is 1. The highest BCUT2D eigenvalue weighted by Crippen LogP contribution is 2.08. The second-order valence-corrected chi connectivity index (χ2v) is 2.57. The molecule has 0 atom stereocenters. The molecule has 1 aromatic heterocycles. The Bertz CT molecular complexity index is 374. The summed E-state index contributed by atoms with van der Waals surface area (Å²) in [7, 11) is 0. The molecule has 0 unspecified atom stereocenters. The van der Waals surface area contributed by atoms with E-state index >= 15 is 0 Å². The summed E-state index contributed by atoms with van der Waals surface area (Å²) in [5.74, 6) is 5.47. The normalized spacial score (nSPS) is 8.69. The molecule has 66 valence electrons. The van der Waals surface area contributed by atoms with Gasteiger partial charge in [0.2, 0.25) is 0 Å². The van der Waals surface area contributed by atoms with Crippen LogP contribution in [0, 0.1) is 18.8 Å². The third kappa shape index (κ3) is 2.60. The Labute approximate surface area is 77.0 Å². The van der Waals surface area contributed by atoms with Gasteiger partial charge < -0.3 is 10.5 Å². The van der Waals surface area contributed by atoms with E-state index in [4.69, 9.17) is 5.73 Å². The van der Waals surface area contributed by atoms with E-state index in [0.29, 0.717) is 5.69 Å². The molecule has 2 N–H and O–H groups in total. The van der Waals surface area contributed by atoms with Crippen molar-refractivity contribution in [1.82, 2.24) is 4.98 Å². The van der Waals surface area contributed by atoms with Gasteiger partial charge in [0, 0.05) is 11.8 Å². The van der Waals surface area contributed by atoms with Crippen molar-refractivity contribution in [3.63, 3.8) is 0 Å². The Morgan fingerprint density at radius 3 is 3.08 bits per heavy atom. The Morgan fingerprint density at radius 1 is 1.69 bits per heavy atom. The number of aryl methyl sites for hydroxylation is 1. The number of carbonyl (C=O) groups excluding carboxylic acids is 1. The van der Waals surface area contributed by atoms with Gasteiger partial charge in [0.15, 0.2) is 0 Å². The van der Waals surface area contributed by atoms with E-state index in [1.807, 2.05) is 6.92 Å². The maximum Gasteiger partial charge on any atom is 0.131 e. The first-order valence-electron chi connectivity index (χ1n) is 3.88. The molecule has 0 spiro atoms. The van der Waals surface area contributed by atoms with Gasteiger partial charge in [-0.3, -0.25) is 4.98 Å². The van der Waals surface area contributed by atoms with E-state index < -0.39 is 0 Å².